The van der Waals surface area contributed by atoms with E-state index >= 15 is 0 Å². The third-order valence-corrected chi connectivity index (χ3v) is 4.77. The van der Waals surface area contributed by atoms with Crippen LogP contribution in [0, 0.1) is 13.8 Å². The third-order valence-electron chi connectivity index (χ3n) is 4.77. The van der Waals surface area contributed by atoms with Crippen LogP contribution in [0.2, 0.25) is 0 Å². The fraction of sp³-hybridized carbons (Fsp3) is 0.333. The molecule has 2 aromatic rings. The van der Waals surface area contributed by atoms with Crippen LogP contribution in [0.15, 0.2) is 42.5 Å². The first kappa shape index (κ1) is 18.1. The second kappa shape index (κ2) is 8.15. The summed E-state index contributed by atoms with van der Waals surface area (Å²) in [5.41, 5.74) is 5.48. The molecule has 0 aromatic heterocycles. The second-order valence-electron chi connectivity index (χ2n) is 6.82. The summed E-state index contributed by atoms with van der Waals surface area (Å²) in [6.07, 6.45) is 0.955. The predicted molar refractivity (Wildman–Crippen MR) is 103 cm³/mol. The van der Waals surface area contributed by atoms with E-state index in [0.717, 1.165) is 36.3 Å². The standard InChI is InChI=1S/C21H25N3O2/c1-15-6-5-7-16(2)21(15)23-19(25)12-22-20(26)14-24-11-10-17-8-3-4-9-18(17)13-24/h3-9H,10-14H2,1-2H3,(H,22,26)(H,23,25). The van der Waals surface area contributed by atoms with Gasteiger partial charge in [-0.05, 0) is 42.5 Å². The lowest BCUT2D eigenvalue weighted by Gasteiger charge is -2.28. The van der Waals surface area contributed by atoms with Crippen LogP contribution in [-0.2, 0) is 22.6 Å². The molecular weight excluding hydrogens is 326 g/mol. The normalized spacial score (nSPS) is 13.8. The molecule has 0 unspecified atom stereocenters. The number of rotatable bonds is 5. The van der Waals surface area contributed by atoms with E-state index in [2.05, 4.69) is 33.7 Å². The monoisotopic (exact) mass is 351 g/mol. The minimum Gasteiger partial charge on any atom is -0.346 e. The van der Waals surface area contributed by atoms with Gasteiger partial charge in [-0.25, -0.2) is 0 Å². The molecule has 2 amide bonds. The molecule has 0 saturated heterocycles. The maximum absolute atomic E-state index is 12.2. The zero-order valence-electron chi connectivity index (χ0n) is 15.3. The van der Waals surface area contributed by atoms with Crippen LogP contribution in [-0.4, -0.2) is 36.3 Å². The Bertz CT molecular complexity index is 796. The fourth-order valence-corrected chi connectivity index (χ4v) is 3.32. The number of fused-ring (bicyclic) bond motifs is 1. The number of carbonyl (C=O) groups is 2. The van der Waals surface area contributed by atoms with Crippen LogP contribution in [0.25, 0.3) is 0 Å². The Labute approximate surface area is 154 Å². The number of anilines is 1. The molecule has 0 aliphatic carbocycles. The molecule has 26 heavy (non-hydrogen) atoms. The maximum atomic E-state index is 12.2. The molecule has 2 aromatic carbocycles. The van der Waals surface area contributed by atoms with Crippen LogP contribution in [0.5, 0.6) is 0 Å². The Balaban J connectivity index is 1.46. The lowest BCUT2D eigenvalue weighted by Crippen LogP contribution is -2.42. The number of hydrogen-bond acceptors (Lipinski definition) is 3. The van der Waals surface area contributed by atoms with Gasteiger partial charge in [-0.3, -0.25) is 14.5 Å². The van der Waals surface area contributed by atoms with Gasteiger partial charge >= 0.3 is 0 Å². The van der Waals surface area contributed by atoms with Crippen molar-refractivity contribution >= 4 is 17.5 Å². The number of hydrogen-bond donors (Lipinski definition) is 2. The van der Waals surface area contributed by atoms with Crippen LogP contribution in [0.4, 0.5) is 5.69 Å². The number of aryl methyl sites for hydroxylation is 2. The van der Waals surface area contributed by atoms with E-state index in [4.69, 9.17) is 0 Å². The van der Waals surface area contributed by atoms with E-state index < -0.39 is 0 Å². The summed E-state index contributed by atoms with van der Waals surface area (Å²) in [7, 11) is 0. The van der Waals surface area contributed by atoms with Crippen molar-refractivity contribution in [1.82, 2.24) is 10.2 Å². The van der Waals surface area contributed by atoms with Crippen molar-refractivity contribution in [2.45, 2.75) is 26.8 Å². The van der Waals surface area contributed by atoms with Crippen LogP contribution in [0.1, 0.15) is 22.3 Å². The summed E-state index contributed by atoms with van der Waals surface area (Å²) in [5.74, 6) is -0.333. The summed E-state index contributed by atoms with van der Waals surface area (Å²) in [6.45, 7) is 5.84. The molecule has 0 saturated carbocycles. The van der Waals surface area contributed by atoms with Crippen molar-refractivity contribution in [1.29, 1.82) is 0 Å². The molecule has 2 N–H and O–H groups in total. The maximum Gasteiger partial charge on any atom is 0.243 e. The third kappa shape index (κ3) is 4.49. The average molecular weight is 351 g/mol. The zero-order valence-corrected chi connectivity index (χ0v) is 15.3. The number of para-hydroxylation sites is 1. The van der Waals surface area contributed by atoms with E-state index in [1.54, 1.807) is 0 Å². The van der Waals surface area contributed by atoms with Gasteiger partial charge in [0.25, 0.3) is 0 Å². The number of benzene rings is 2. The minimum atomic E-state index is -0.209. The SMILES string of the molecule is Cc1cccc(C)c1NC(=O)CNC(=O)CN1CCc2ccccc2C1. The van der Waals surface area contributed by atoms with Crippen molar-refractivity contribution in [3.63, 3.8) is 0 Å². The van der Waals surface area contributed by atoms with Gasteiger partial charge in [0.1, 0.15) is 0 Å². The van der Waals surface area contributed by atoms with Crippen molar-refractivity contribution in [2.24, 2.45) is 0 Å². The lowest BCUT2D eigenvalue weighted by molar-refractivity contribution is -0.125. The molecule has 3 rings (SSSR count). The molecule has 0 radical (unpaired) electrons. The minimum absolute atomic E-state index is 0.0168. The summed E-state index contributed by atoms with van der Waals surface area (Å²) in [5, 5.41) is 5.60. The van der Waals surface area contributed by atoms with Gasteiger partial charge in [-0.15, -0.1) is 0 Å². The molecule has 1 aliphatic rings. The molecule has 136 valence electrons. The highest BCUT2D eigenvalue weighted by atomic mass is 16.2. The molecular formula is C21H25N3O2. The lowest BCUT2D eigenvalue weighted by atomic mass is 10.00. The molecule has 0 atom stereocenters. The highest BCUT2D eigenvalue weighted by molar-refractivity contribution is 5.95. The van der Waals surface area contributed by atoms with Gasteiger partial charge in [0.15, 0.2) is 0 Å². The van der Waals surface area contributed by atoms with Gasteiger partial charge in [0.05, 0.1) is 13.1 Å². The van der Waals surface area contributed by atoms with Crippen LogP contribution in [0.3, 0.4) is 0 Å². The Hall–Kier alpha value is -2.66. The topological polar surface area (TPSA) is 61.4 Å². The highest BCUT2D eigenvalue weighted by Gasteiger charge is 2.18. The molecule has 5 nitrogen and oxygen atoms in total. The second-order valence-corrected chi connectivity index (χ2v) is 6.82. The first-order valence-electron chi connectivity index (χ1n) is 8.95. The highest BCUT2D eigenvalue weighted by Crippen LogP contribution is 2.19. The molecule has 0 bridgehead atoms. The summed E-state index contributed by atoms with van der Waals surface area (Å²) in [4.78, 5) is 26.4. The summed E-state index contributed by atoms with van der Waals surface area (Å²) >= 11 is 0. The van der Waals surface area contributed by atoms with Gasteiger partial charge in [-0.2, -0.15) is 0 Å². The molecule has 5 heteroatoms. The Morgan fingerprint density at radius 2 is 1.65 bits per heavy atom. The van der Waals surface area contributed by atoms with Crippen LogP contribution >= 0.6 is 0 Å². The smallest absolute Gasteiger partial charge is 0.243 e. The van der Waals surface area contributed by atoms with Crippen molar-refractivity contribution in [2.75, 3.05) is 25.0 Å². The van der Waals surface area contributed by atoms with E-state index in [0.29, 0.717) is 6.54 Å². The van der Waals surface area contributed by atoms with Gasteiger partial charge < -0.3 is 10.6 Å². The van der Waals surface area contributed by atoms with Crippen molar-refractivity contribution in [3.05, 3.63) is 64.7 Å². The van der Waals surface area contributed by atoms with E-state index in [1.165, 1.54) is 11.1 Å². The van der Waals surface area contributed by atoms with Crippen molar-refractivity contribution in [3.8, 4) is 0 Å². The van der Waals surface area contributed by atoms with Crippen LogP contribution < -0.4 is 10.6 Å². The van der Waals surface area contributed by atoms with E-state index in [-0.39, 0.29) is 18.4 Å². The summed E-state index contributed by atoms with van der Waals surface area (Å²) < 4.78 is 0. The predicted octanol–water partition coefficient (Wildman–Crippen LogP) is 2.42. The number of nitrogens with one attached hydrogen (secondary N) is 2. The molecule has 1 aliphatic heterocycles. The number of amides is 2. The zero-order chi connectivity index (χ0) is 18.5. The molecule has 0 fully saturated rings. The molecule has 0 spiro atoms. The van der Waals surface area contributed by atoms with E-state index in [9.17, 15) is 9.59 Å². The number of carbonyl (C=O) groups excluding carboxylic acids is 2. The van der Waals surface area contributed by atoms with Gasteiger partial charge in [0.2, 0.25) is 11.8 Å². The Morgan fingerprint density at radius 1 is 0.962 bits per heavy atom. The largest absolute Gasteiger partial charge is 0.346 e. The summed E-state index contributed by atoms with van der Waals surface area (Å²) in [6, 6.07) is 14.2. The Morgan fingerprint density at radius 3 is 2.38 bits per heavy atom. The Kier molecular flexibility index (Phi) is 5.68. The quantitative estimate of drug-likeness (QED) is 0.870. The molecule has 1 heterocycles. The fourth-order valence-electron chi connectivity index (χ4n) is 3.32. The first-order valence-corrected chi connectivity index (χ1v) is 8.95. The first-order chi connectivity index (χ1) is 12.5. The van der Waals surface area contributed by atoms with Gasteiger partial charge in [-0.1, -0.05) is 42.5 Å². The van der Waals surface area contributed by atoms with Gasteiger partial charge in [0, 0.05) is 18.8 Å². The van der Waals surface area contributed by atoms with Crippen molar-refractivity contribution < 1.29 is 9.59 Å². The average Bonchev–Trinajstić information content (AvgIpc) is 2.63. The number of nitrogens with zero attached hydrogens (tertiary/aromatic N) is 1. The van der Waals surface area contributed by atoms with E-state index in [1.807, 2.05) is 38.1 Å².